The molecule has 0 saturated carbocycles. The normalized spacial score (nSPS) is 13.8. The van der Waals surface area contributed by atoms with Crippen LogP contribution in [0.15, 0.2) is 30.3 Å². The summed E-state index contributed by atoms with van der Waals surface area (Å²) in [5.74, 6) is -4.79. The zero-order chi connectivity index (χ0) is 40.3. The van der Waals surface area contributed by atoms with Crippen molar-refractivity contribution in [1.29, 1.82) is 0 Å². The van der Waals surface area contributed by atoms with Gasteiger partial charge in [-0.25, -0.2) is 4.79 Å². The third-order valence-electron chi connectivity index (χ3n) is 9.40. The number of benzene rings is 1. The highest BCUT2D eigenvalue weighted by Gasteiger charge is 2.30. The Labute approximate surface area is 319 Å². The van der Waals surface area contributed by atoms with E-state index >= 15 is 0 Å². The molecule has 1 aromatic rings. The van der Waals surface area contributed by atoms with Gasteiger partial charge in [0.25, 0.3) is 0 Å². The third kappa shape index (κ3) is 21.2. The van der Waals surface area contributed by atoms with Crippen LogP contribution in [0, 0.1) is 5.92 Å². The van der Waals surface area contributed by atoms with Crippen LogP contribution in [0.5, 0.6) is 0 Å². The van der Waals surface area contributed by atoms with E-state index in [1.807, 2.05) is 13.8 Å². The van der Waals surface area contributed by atoms with Gasteiger partial charge in [-0.05, 0) is 30.7 Å². The lowest BCUT2D eigenvalue weighted by molar-refractivity contribution is -0.142. The topological polar surface area (TPSA) is 260 Å². The van der Waals surface area contributed by atoms with E-state index in [0.717, 1.165) is 64.2 Å². The molecule has 0 bridgehead atoms. The Balaban J connectivity index is 2.21. The van der Waals surface area contributed by atoms with Crippen molar-refractivity contribution in [3.05, 3.63) is 35.9 Å². The van der Waals surface area contributed by atoms with Crippen molar-refractivity contribution >= 4 is 41.4 Å². The van der Waals surface area contributed by atoms with Crippen LogP contribution >= 0.6 is 0 Å². The summed E-state index contributed by atoms with van der Waals surface area (Å²) < 4.78 is 0. The minimum atomic E-state index is -1.26. The number of carbonyl (C=O) groups is 7. The molecule has 0 spiro atoms. The number of hydrogen-bond acceptors (Lipinski definition) is 8. The highest BCUT2D eigenvalue weighted by molar-refractivity contribution is 5.94. The summed E-state index contributed by atoms with van der Waals surface area (Å²) in [7, 11) is 0. The molecule has 0 aromatic heterocycles. The molecule has 54 heavy (non-hydrogen) atoms. The van der Waals surface area contributed by atoms with Crippen molar-refractivity contribution in [2.45, 2.75) is 154 Å². The number of carboxylic acids is 1. The number of aliphatic hydroxyl groups excluding tert-OH is 1. The molecular weight excluding hydrogens is 696 g/mol. The molecule has 1 aromatic carbocycles. The summed E-state index contributed by atoms with van der Waals surface area (Å²) >= 11 is 0. The first-order valence-corrected chi connectivity index (χ1v) is 19.4. The van der Waals surface area contributed by atoms with Crippen LogP contribution in [0.25, 0.3) is 0 Å². The van der Waals surface area contributed by atoms with Crippen LogP contribution in [0.4, 0.5) is 0 Å². The largest absolute Gasteiger partial charge is 0.480 e. The van der Waals surface area contributed by atoms with Gasteiger partial charge < -0.3 is 42.9 Å². The van der Waals surface area contributed by atoms with Crippen molar-refractivity contribution in [3.63, 3.8) is 0 Å². The first kappa shape index (κ1) is 47.5. The molecule has 0 heterocycles. The maximum Gasteiger partial charge on any atom is 0.326 e. The van der Waals surface area contributed by atoms with Crippen molar-refractivity contribution in [2.75, 3.05) is 6.61 Å². The van der Waals surface area contributed by atoms with E-state index in [9.17, 15) is 38.7 Å². The van der Waals surface area contributed by atoms with Gasteiger partial charge in [0.15, 0.2) is 0 Å². The molecule has 0 aliphatic rings. The second kappa shape index (κ2) is 28.0. The van der Waals surface area contributed by atoms with Crippen molar-refractivity contribution in [1.82, 2.24) is 21.3 Å². The summed E-state index contributed by atoms with van der Waals surface area (Å²) in [6, 6.07) is 4.52. The summed E-state index contributed by atoms with van der Waals surface area (Å²) in [6.07, 6.45) is 12.4. The molecule has 304 valence electrons. The fourth-order valence-corrected chi connectivity index (χ4v) is 5.96. The quantitative estimate of drug-likeness (QED) is 0.0517. The van der Waals surface area contributed by atoms with Crippen LogP contribution in [-0.4, -0.2) is 82.4 Å². The van der Waals surface area contributed by atoms with Crippen molar-refractivity contribution in [2.24, 2.45) is 17.4 Å². The monoisotopic (exact) mass is 760 g/mol. The number of nitrogens with two attached hydrogens (primary N) is 2. The standard InChI is InChI=1S/C39H64N6O9/c1-3-27(2)35(38(52)43-29(23-24-46)36(41)50)45-34(49)22-18-13-11-9-7-5-4-6-8-10-12-17-21-33(48)42-30(26-32(40)47)37(51)44-31(39(53)54)25-28-19-15-14-16-20-28/h14-16,19-20,27,29-31,35,46H,3-13,17-18,21-26H2,1-2H3,(H2,40,47)(H2,41,50)(H,42,48)(H,43,52)(H,44,51)(H,45,49)(H,53,54)/t27?,29-,30-,31-,35-/m0/s1. The minimum absolute atomic E-state index is 0.00963. The Morgan fingerprint density at radius 1 is 0.648 bits per heavy atom. The van der Waals surface area contributed by atoms with Gasteiger partial charge in [0.1, 0.15) is 24.2 Å². The Hall–Kier alpha value is -4.53. The minimum Gasteiger partial charge on any atom is -0.480 e. The van der Waals surface area contributed by atoms with Gasteiger partial charge in [0, 0.05) is 25.9 Å². The molecule has 0 aliphatic heterocycles. The smallest absolute Gasteiger partial charge is 0.326 e. The second-order valence-corrected chi connectivity index (χ2v) is 14.0. The number of primary amides is 2. The van der Waals surface area contributed by atoms with Gasteiger partial charge in [-0.3, -0.25) is 28.8 Å². The molecule has 15 heteroatoms. The van der Waals surface area contributed by atoms with Gasteiger partial charge in [-0.15, -0.1) is 0 Å². The second-order valence-electron chi connectivity index (χ2n) is 14.0. The van der Waals surface area contributed by atoms with E-state index in [-0.39, 0.29) is 37.7 Å². The van der Waals surface area contributed by atoms with Gasteiger partial charge in [-0.2, -0.15) is 0 Å². The lowest BCUT2D eigenvalue weighted by atomic mass is 9.97. The number of amides is 6. The number of carbonyl (C=O) groups excluding carboxylic acids is 6. The number of aliphatic carboxylic acids is 1. The molecular formula is C39H64N6O9. The lowest BCUT2D eigenvalue weighted by Crippen LogP contribution is -2.55. The van der Waals surface area contributed by atoms with Crippen molar-refractivity contribution < 1.29 is 43.8 Å². The first-order valence-electron chi connectivity index (χ1n) is 19.4. The SMILES string of the molecule is CCC(C)[C@H](NC(=O)CCCCCCCCCCCCCCC(=O)N[C@@H](CC(N)=O)C(=O)N[C@@H](Cc1ccccc1)C(=O)O)C(=O)N[C@@H](CCO)C(N)=O. The van der Waals surface area contributed by atoms with Gasteiger partial charge in [0.2, 0.25) is 35.4 Å². The predicted molar refractivity (Wildman–Crippen MR) is 204 cm³/mol. The summed E-state index contributed by atoms with van der Waals surface area (Å²) in [4.78, 5) is 85.6. The van der Waals surface area contributed by atoms with Crippen LogP contribution in [0.2, 0.25) is 0 Å². The fourth-order valence-electron chi connectivity index (χ4n) is 5.96. The molecule has 0 radical (unpaired) electrons. The zero-order valence-corrected chi connectivity index (χ0v) is 32.1. The molecule has 1 rings (SSSR count). The van der Waals surface area contributed by atoms with E-state index in [0.29, 0.717) is 31.2 Å². The van der Waals surface area contributed by atoms with E-state index < -0.39 is 66.1 Å². The first-order chi connectivity index (χ1) is 25.8. The van der Waals surface area contributed by atoms with E-state index in [4.69, 9.17) is 16.6 Å². The third-order valence-corrected chi connectivity index (χ3v) is 9.40. The number of nitrogens with one attached hydrogen (secondary N) is 4. The van der Waals surface area contributed by atoms with Crippen LogP contribution in [0.1, 0.15) is 129 Å². The highest BCUT2D eigenvalue weighted by atomic mass is 16.4. The molecule has 6 amide bonds. The Bertz CT molecular complexity index is 1310. The number of aliphatic hydroxyl groups is 1. The van der Waals surface area contributed by atoms with Crippen molar-refractivity contribution in [3.8, 4) is 0 Å². The molecule has 0 aliphatic carbocycles. The Kier molecular flexibility index (Phi) is 24.6. The van der Waals surface area contributed by atoms with Crippen LogP contribution in [-0.2, 0) is 40.0 Å². The van der Waals surface area contributed by atoms with Gasteiger partial charge in [0.05, 0.1) is 6.42 Å². The van der Waals surface area contributed by atoms with E-state index in [2.05, 4.69) is 21.3 Å². The number of hydrogen-bond donors (Lipinski definition) is 8. The molecule has 5 atom stereocenters. The zero-order valence-electron chi connectivity index (χ0n) is 32.1. The Morgan fingerprint density at radius 2 is 1.13 bits per heavy atom. The molecule has 1 unspecified atom stereocenters. The summed E-state index contributed by atoms with van der Waals surface area (Å²) in [5.41, 5.74) is 11.3. The fraction of sp³-hybridized carbons (Fsp3) is 0.667. The van der Waals surface area contributed by atoms with Crippen LogP contribution < -0.4 is 32.7 Å². The summed E-state index contributed by atoms with van der Waals surface area (Å²) in [5, 5.41) is 29.0. The molecule has 0 saturated heterocycles. The Morgan fingerprint density at radius 3 is 1.57 bits per heavy atom. The average Bonchev–Trinajstić information content (AvgIpc) is 3.12. The number of unbranched alkanes of at least 4 members (excludes halogenated alkanes) is 11. The van der Waals surface area contributed by atoms with Gasteiger partial charge in [-0.1, -0.05) is 115 Å². The number of carboxylic acid groups (broad SMARTS) is 1. The molecule has 15 nitrogen and oxygen atoms in total. The maximum absolute atomic E-state index is 12.8. The molecule has 10 N–H and O–H groups in total. The predicted octanol–water partition coefficient (Wildman–Crippen LogP) is 2.50. The van der Waals surface area contributed by atoms with Crippen LogP contribution in [0.3, 0.4) is 0 Å². The van der Waals surface area contributed by atoms with E-state index in [1.165, 1.54) is 0 Å². The van der Waals surface area contributed by atoms with Gasteiger partial charge >= 0.3 is 5.97 Å². The molecule has 0 fully saturated rings. The highest BCUT2D eigenvalue weighted by Crippen LogP contribution is 2.14. The average molecular weight is 761 g/mol. The number of rotatable bonds is 31. The summed E-state index contributed by atoms with van der Waals surface area (Å²) in [6.45, 7) is 3.46. The maximum atomic E-state index is 12.8. The lowest BCUT2D eigenvalue weighted by Gasteiger charge is -2.25. The van der Waals surface area contributed by atoms with E-state index in [1.54, 1.807) is 30.3 Å².